The molecule has 1 aromatic rings. The van der Waals surface area contributed by atoms with Crippen molar-refractivity contribution in [2.24, 2.45) is 5.92 Å². The van der Waals surface area contributed by atoms with E-state index >= 15 is 0 Å². The maximum absolute atomic E-state index is 12.8. The van der Waals surface area contributed by atoms with Gasteiger partial charge in [-0.1, -0.05) is 23.8 Å². The molecule has 168 valence electrons. The van der Waals surface area contributed by atoms with E-state index in [1.165, 1.54) is 0 Å². The third-order valence-electron chi connectivity index (χ3n) is 4.52. The summed E-state index contributed by atoms with van der Waals surface area (Å²) in [6, 6.07) is 2.25. The first-order valence-corrected chi connectivity index (χ1v) is 16.3. The second-order valence-electron chi connectivity index (χ2n) is 6.64. The van der Waals surface area contributed by atoms with E-state index in [1.54, 1.807) is 0 Å². The van der Waals surface area contributed by atoms with Crippen LogP contribution in [-0.4, -0.2) is 13.9 Å². The zero-order valence-corrected chi connectivity index (χ0v) is 22.4. The van der Waals surface area contributed by atoms with E-state index in [9.17, 15) is 21.6 Å². The molecule has 0 bridgehead atoms. The van der Waals surface area contributed by atoms with E-state index in [1.807, 2.05) is 56.3 Å². The predicted molar refractivity (Wildman–Crippen MR) is 131 cm³/mol. The minimum Gasteiger partial charge on any atom is -0.414 e. The van der Waals surface area contributed by atoms with Crippen molar-refractivity contribution < 1.29 is 34.1 Å². The molecule has 0 fully saturated rings. The molecule has 5 nitrogen and oxygen atoms in total. The summed E-state index contributed by atoms with van der Waals surface area (Å²) in [6.07, 6.45) is 3.80. The highest BCUT2D eigenvalue weighted by Crippen LogP contribution is 2.50. The zero-order valence-electron chi connectivity index (χ0n) is 15.7. The first-order chi connectivity index (χ1) is 13.9. The third-order valence-corrected chi connectivity index (χ3v) is 7.07. The van der Waals surface area contributed by atoms with Crippen LogP contribution in [0.1, 0.15) is 38.2 Å². The molecule has 0 heterocycles. The van der Waals surface area contributed by atoms with Crippen molar-refractivity contribution in [3.8, 4) is 17.2 Å². The normalized spacial score (nSPS) is 19.8. The van der Waals surface area contributed by atoms with Crippen molar-refractivity contribution in [3.05, 3.63) is 41.5 Å². The molecule has 0 saturated carbocycles. The lowest BCUT2D eigenvalue weighted by molar-refractivity contribution is -0.0500. The summed E-state index contributed by atoms with van der Waals surface area (Å²) >= 11 is 3.72. The lowest BCUT2D eigenvalue weighted by Gasteiger charge is -2.32. The quantitative estimate of drug-likeness (QED) is 0.0903. The minimum absolute atomic E-state index is 0.0579. The standard InChI is InChI=1S/C17H17F3I2O5S3/c1-9(2)12-5-4-10(3)6-13(12)16-14(25-28-21)7-11(8-15(16)26-29-22)27-30(23,24)17(18,19)20/h6-8,12-13H,1,4-5H2,2-3H3. The number of halogens is 5. The topological polar surface area (TPSA) is 61.8 Å². The molecule has 2 rings (SSSR count). The lowest BCUT2D eigenvalue weighted by atomic mass is 9.74. The van der Waals surface area contributed by atoms with Crippen LogP contribution in [0.4, 0.5) is 13.2 Å². The Morgan fingerprint density at radius 2 is 1.73 bits per heavy atom. The Morgan fingerprint density at radius 3 is 2.17 bits per heavy atom. The van der Waals surface area contributed by atoms with Gasteiger partial charge in [-0.3, -0.25) is 0 Å². The number of hydrogen-bond acceptors (Lipinski definition) is 7. The van der Waals surface area contributed by atoms with E-state index < -0.39 is 21.4 Å². The lowest BCUT2D eigenvalue weighted by Crippen LogP contribution is -2.28. The Kier molecular flexibility index (Phi) is 9.40. The van der Waals surface area contributed by atoms with Crippen LogP contribution in [0.3, 0.4) is 0 Å². The van der Waals surface area contributed by atoms with E-state index in [4.69, 9.17) is 8.37 Å². The number of allylic oxidation sites excluding steroid dienone is 3. The van der Waals surface area contributed by atoms with Gasteiger partial charge in [0.2, 0.25) is 0 Å². The Hall–Kier alpha value is -0.000000000000000111. The molecule has 0 spiro atoms. The van der Waals surface area contributed by atoms with Gasteiger partial charge in [-0.15, -0.1) is 0 Å². The molecular weight excluding hydrogens is 691 g/mol. The largest absolute Gasteiger partial charge is 0.534 e. The molecular formula is C17H17F3I2O5S3. The molecule has 2 unspecified atom stereocenters. The molecule has 0 amide bonds. The maximum atomic E-state index is 12.8. The van der Waals surface area contributed by atoms with E-state index in [2.05, 4.69) is 16.8 Å². The van der Waals surface area contributed by atoms with Crippen LogP contribution in [0.25, 0.3) is 0 Å². The van der Waals surface area contributed by atoms with Crippen LogP contribution in [0.2, 0.25) is 0 Å². The van der Waals surface area contributed by atoms with Crippen molar-refractivity contribution in [1.82, 2.24) is 0 Å². The molecule has 2 atom stereocenters. The average Bonchev–Trinajstić information content (AvgIpc) is 2.60. The Labute approximate surface area is 206 Å². The van der Waals surface area contributed by atoms with Gasteiger partial charge >= 0.3 is 15.6 Å². The van der Waals surface area contributed by atoms with Crippen LogP contribution in [-0.2, 0) is 10.1 Å². The molecule has 13 heteroatoms. The number of benzene rings is 1. The summed E-state index contributed by atoms with van der Waals surface area (Å²) in [5.41, 5.74) is -2.87. The van der Waals surface area contributed by atoms with Gasteiger partial charge in [0.05, 0.1) is 0 Å². The second kappa shape index (κ2) is 10.7. The molecule has 30 heavy (non-hydrogen) atoms. The van der Waals surface area contributed by atoms with Gasteiger partial charge in [-0.05, 0) is 32.6 Å². The Morgan fingerprint density at radius 1 is 1.20 bits per heavy atom. The van der Waals surface area contributed by atoms with Crippen LogP contribution >= 0.6 is 60.8 Å². The fourth-order valence-electron chi connectivity index (χ4n) is 3.24. The van der Waals surface area contributed by atoms with Crippen LogP contribution in [0.15, 0.2) is 35.9 Å². The average molecular weight is 708 g/mol. The molecule has 0 aromatic heterocycles. The first-order valence-electron chi connectivity index (χ1n) is 8.33. The predicted octanol–water partition coefficient (Wildman–Crippen LogP) is 7.69. The monoisotopic (exact) mass is 708 g/mol. The van der Waals surface area contributed by atoms with E-state index in [0.717, 1.165) is 54.5 Å². The fourth-order valence-corrected chi connectivity index (χ4v) is 5.26. The summed E-state index contributed by atoms with van der Waals surface area (Å²) in [6.45, 7) is 7.98. The van der Waals surface area contributed by atoms with Crippen molar-refractivity contribution in [2.45, 2.75) is 38.1 Å². The van der Waals surface area contributed by atoms with E-state index in [-0.39, 0.29) is 23.3 Å². The van der Waals surface area contributed by atoms with Gasteiger partial charge in [0.1, 0.15) is 35.7 Å². The molecule has 1 aromatic carbocycles. The zero-order chi connectivity index (χ0) is 22.7. The smallest absolute Gasteiger partial charge is 0.414 e. The second-order valence-corrected chi connectivity index (χ2v) is 10.9. The molecule has 0 radical (unpaired) electrons. The van der Waals surface area contributed by atoms with Gasteiger partial charge < -0.3 is 12.5 Å². The summed E-state index contributed by atoms with van der Waals surface area (Å²) < 4.78 is 76.7. The maximum Gasteiger partial charge on any atom is 0.534 e. The summed E-state index contributed by atoms with van der Waals surface area (Å²) in [7, 11) is -3.96. The van der Waals surface area contributed by atoms with Gasteiger partial charge in [0.25, 0.3) is 0 Å². The minimum atomic E-state index is -5.84. The van der Waals surface area contributed by atoms with Gasteiger partial charge in [-0.2, -0.15) is 21.6 Å². The SMILES string of the molecule is C=C(C)C1CCC(C)=CC1c1c(OSI)cc(OS(=O)(=O)C(F)(F)F)cc1OSI. The number of hydrogen-bond donors (Lipinski definition) is 0. The summed E-state index contributed by atoms with van der Waals surface area (Å²) in [4.78, 5) is 0. The van der Waals surface area contributed by atoms with Gasteiger partial charge in [0, 0.05) is 66.0 Å². The van der Waals surface area contributed by atoms with Crippen LogP contribution in [0, 0.1) is 5.92 Å². The van der Waals surface area contributed by atoms with Crippen molar-refractivity contribution in [2.75, 3.05) is 0 Å². The summed E-state index contributed by atoms with van der Waals surface area (Å²) in [5.74, 6) is -0.386. The first kappa shape index (κ1) is 26.3. The van der Waals surface area contributed by atoms with Crippen LogP contribution < -0.4 is 12.5 Å². The van der Waals surface area contributed by atoms with Gasteiger partial charge in [-0.25, -0.2) is 0 Å². The molecule has 1 aliphatic rings. The molecule has 0 aliphatic heterocycles. The van der Waals surface area contributed by atoms with Crippen LogP contribution in [0.5, 0.6) is 17.2 Å². The Balaban J connectivity index is 2.67. The highest BCUT2D eigenvalue weighted by atomic mass is 127. The highest BCUT2D eigenvalue weighted by Gasteiger charge is 2.48. The fraction of sp³-hybridized carbons (Fsp3) is 0.412. The van der Waals surface area contributed by atoms with Crippen molar-refractivity contribution >= 4 is 71.0 Å². The van der Waals surface area contributed by atoms with Gasteiger partial charge in [0.15, 0.2) is 0 Å². The number of alkyl halides is 3. The van der Waals surface area contributed by atoms with E-state index in [0.29, 0.717) is 5.56 Å². The summed E-state index contributed by atoms with van der Waals surface area (Å²) in [5, 5.41) is 0. The highest BCUT2D eigenvalue weighted by molar-refractivity contribution is 14.2. The Bertz CT molecular complexity index is 908. The molecule has 0 N–H and O–H groups in total. The molecule has 1 aliphatic carbocycles. The number of rotatable bonds is 8. The van der Waals surface area contributed by atoms with Crippen molar-refractivity contribution in [3.63, 3.8) is 0 Å². The van der Waals surface area contributed by atoms with Crippen molar-refractivity contribution in [1.29, 1.82) is 0 Å². The molecule has 0 saturated heterocycles. The third kappa shape index (κ3) is 6.28.